The topological polar surface area (TPSA) is 74.2 Å². The largest absolute Gasteiger partial charge is 1.00 e. The number of nitrogens with zero attached hydrogens (tertiary/aromatic N) is 1. The molecule has 4 N–H and O–H groups in total. The number of benzene rings is 1. The van der Waals surface area contributed by atoms with E-state index in [0.717, 1.165) is 29.6 Å². The summed E-state index contributed by atoms with van der Waals surface area (Å²) in [7, 11) is 5.97. The van der Waals surface area contributed by atoms with Gasteiger partial charge in [0.05, 0.1) is 27.7 Å². The molecule has 0 spiro atoms. The van der Waals surface area contributed by atoms with Crippen molar-refractivity contribution < 1.29 is 45.2 Å². The lowest BCUT2D eigenvalue weighted by Gasteiger charge is -2.29. The van der Waals surface area contributed by atoms with Crippen LogP contribution in [0.3, 0.4) is 0 Å². The third-order valence-electron chi connectivity index (χ3n) is 3.64. The number of unbranched alkanes of at least 4 members (excludes halogenated alkanes) is 1. The van der Waals surface area contributed by atoms with Crippen LogP contribution in [0.2, 0.25) is 0 Å². The van der Waals surface area contributed by atoms with Crippen molar-refractivity contribution in [2.75, 3.05) is 27.7 Å². The molecule has 0 saturated heterocycles. The Labute approximate surface area is 144 Å². The maximum absolute atomic E-state index is 10.7. The van der Waals surface area contributed by atoms with Crippen LogP contribution in [0.1, 0.15) is 19.3 Å². The van der Waals surface area contributed by atoms with Crippen molar-refractivity contribution in [1.82, 2.24) is 4.48 Å². The van der Waals surface area contributed by atoms with Gasteiger partial charge in [-0.2, -0.15) is 0 Å². The number of rotatable bonds is 8. The van der Waals surface area contributed by atoms with E-state index in [1.54, 1.807) is 7.11 Å². The van der Waals surface area contributed by atoms with E-state index in [4.69, 9.17) is 9.84 Å². The number of aliphatic carboxylic acids is 1. The lowest BCUT2D eigenvalue weighted by atomic mass is 10.1. The maximum atomic E-state index is 10.7. The van der Waals surface area contributed by atoms with Gasteiger partial charge in [-0.15, -0.1) is 0 Å². The molecule has 0 aliphatic carbocycles. The Morgan fingerprint density at radius 1 is 1.23 bits per heavy atom. The van der Waals surface area contributed by atoms with E-state index in [-0.39, 0.29) is 24.8 Å². The van der Waals surface area contributed by atoms with Crippen LogP contribution in [-0.4, -0.2) is 44.9 Å². The predicted molar refractivity (Wildman–Crippen MR) is 79.7 cm³/mol. The number of carboxylic acids is 1. The van der Waals surface area contributed by atoms with Crippen LogP contribution in [0, 0.1) is 0 Å². The van der Waals surface area contributed by atoms with Gasteiger partial charge in [0, 0.05) is 18.6 Å². The first-order valence-corrected chi connectivity index (χ1v) is 6.90. The minimum atomic E-state index is -0.811. The molecule has 0 fully saturated rings. The number of ether oxygens (including phenoxy) is 1. The Hall–Kier alpha value is -1.01. The fourth-order valence-electron chi connectivity index (χ4n) is 2.14. The number of halogens is 2. The van der Waals surface area contributed by atoms with E-state index in [2.05, 4.69) is 32.0 Å². The van der Waals surface area contributed by atoms with Gasteiger partial charge in [-0.25, -0.2) is 4.79 Å². The minimum absolute atomic E-state index is 0. The predicted octanol–water partition coefficient (Wildman–Crippen LogP) is -4.86. The molecule has 22 heavy (non-hydrogen) atoms. The van der Waals surface area contributed by atoms with Crippen molar-refractivity contribution in [2.45, 2.75) is 25.3 Å². The zero-order chi connectivity index (χ0) is 15.2. The zero-order valence-electron chi connectivity index (χ0n) is 13.4. The molecule has 1 atom stereocenters. The first-order valence-electron chi connectivity index (χ1n) is 6.90. The molecular weight excluding hydrogens is 327 g/mol. The van der Waals surface area contributed by atoms with Crippen molar-refractivity contribution in [2.24, 2.45) is 0 Å². The van der Waals surface area contributed by atoms with Crippen molar-refractivity contribution in [3.63, 3.8) is 0 Å². The summed E-state index contributed by atoms with van der Waals surface area (Å²) in [5, 5.41) is 8.79. The Bertz CT molecular complexity index is 439. The van der Waals surface area contributed by atoms with E-state index in [1.165, 1.54) is 5.69 Å². The highest BCUT2D eigenvalue weighted by Gasteiger charge is 2.20. The van der Waals surface area contributed by atoms with Crippen LogP contribution in [0.4, 0.5) is 5.69 Å². The second-order valence-corrected chi connectivity index (χ2v) is 5.64. The van der Waals surface area contributed by atoms with E-state index < -0.39 is 12.0 Å². The Morgan fingerprint density at radius 2 is 1.77 bits per heavy atom. The summed E-state index contributed by atoms with van der Waals surface area (Å²) in [6, 6.07) is 7.57. The molecule has 5 nitrogen and oxygen atoms in total. The molecule has 0 heterocycles. The zero-order valence-corrected chi connectivity index (χ0v) is 14.9. The van der Waals surface area contributed by atoms with E-state index in [0.29, 0.717) is 6.42 Å². The standard InChI is InChI=1S/C15H24N2O3.2ClH/c1-17(2,11-5-4-6-14(16)15(18)19)12-7-9-13(20-3)10-8-12;;/h7-10,14H,4-6,11,16H2,1-3H3;2*1H/t14-;;/m0../s1. The smallest absolute Gasteiger partial charge is 0.362 e. The number of hydrogen-bond acceptors (Lipinski definition) is 2. The van der Waals surface area contributed by atoms with E-state index >= 15 is 0 Å². The Kier molecular flexibility index (Phi) is 11.3. The molecule has 0 radical (unpaired) electrons. The van der Waals surface area contributed by atoms with Gasteiger partial charge in [-0.05, 0) is 25.0 Å². The van der Waals surface area contributed by atoms with Gasteiger partial charge in [0.1, 0.15) is 11.4 Å². The Balaban J connectivity index is 0. The molecule has 1 aromatic carbocycles. The summed E-state index contributed by atoms with van der Waals surface area (Å²) in [5.74, 6) is 0.0454. The number of carbonyl (C=O) groups is 1. The van der Waals surface area contributed by atoms with Gasteiger partial charge in [-0.3, -0.25) is 4.48 Å². The maximum Gasteiger partial charge on any atom is 0.362 e. The van der Waals surface area contributed by atoms with Gasteiger partial charge in [-0.1, -0.05) is 0 Å². The van der Waals surface area contributed by atoms with Gasteiger partial charge in [0.25, 0.3) is 0 Å². The molecule has 7 heteroatoms. The third-order valence-corrected chi connectivity index (χ3v) is 3.64. The van der Waals surface area contributed by atoms with Crippen LogP contribution in [0.5, 0.6) is 5.75 Å². The minimum Gasteiger partial charge on any atom is -1.00 e. The van der Waals surface area contributed by atoms with E-state index in [9.17, 15) is 4.79 Å². The first kappa shape index (κ1) is 23.3. The summed E-state index contributed by atoms with van der Waals surface area (Å²) in [5.41, 5.74) is 4.85. The number of carboxylic acid groups (broad SMARTS) is 1. The average molecular weight is 353 g/mol. The summed E-state index contributed by atoms with van der Waals surface area (Å²) < 4.78 is 5.94. The lowest BCUT2D eigenvalue weighted by molar-refractivity contribution is -0.409. The number of methoxy groups -OCH3 is 1. The van der Waals surface area contributed by atoms with Crippen LogP contribution in [-0.2, 0) is 4.79 Å². The third kappa shape index (κ3) is 7.31. The van der Waals surface area contributed by atoms with Crippen molar-refractivity contribution >= 4 is 11.7 Å². The highest BCUT2D eigenvalue weighted by atomic mass is 35.5. The monoisotopic (exact) mass is 352 g/mol. The fraction of sp³-hybridized carbons (Fsp3) is 0.533. The number of hydrogen-bond donors (Lipinski definition) is 2. The molecule has 1 rings (SSSR count). The molecule has 0 bridgehead atoms. The highest BCUT2D eigenvalue weighted by molar-refractivity contribution is 5.71. The van der Waals surface area contributed by atoms with Gasteiger partial charge in [0.15, 0.2) is 6.04 Å². The van der Waals surface area contributed by atoms with Crippen LogP contribution < -0.4 is 39.8 Å². The van der Waals surface area contributed by atoms with Crippen molar-refractivity contribution in [1.29, 1.82) is 0 Å². The second kappa shape index (κ2) is 10.7. The van der Waals surface area contributed by atoms with Crippen LogP contribution in [0.15, 0.2) is 24.3 Å². The molecule has 0 aliphatic heterocycles. The van der Waals surface area contributed by atoms with Gasteiger partial charge in [0.2, 0.25) is 0 Å². The normalized spacial score (nSPS) is 11.8. The Morgan fingerprint density at radius 3 is 2.23 bits per heavy atom. The highest BCUT2D eigenvalue weighted by Crippen LogP contribution is 2.23. The molecule has 128 valence electrons. The molecule has 0 unspecified atom stereocenters. The van der Waals surface area contributed by atoms with Crippen LogP contribution in [0.25, 0.3) is 0 Å². The summed E-state index contributed by atoms with van der Waals surface area (Å²) >= 11 is 0. The lowest BCUT2D eigenvalue weighted by Crippen LogP contribution is -3.00. The fourth-order valence-corrected chi connectivity index (χ4v) is 2.14. The first-order chi connectivity index (χ1) is 9.36. The second-order valence-electron chi connectivity index (χ2n) is 5.64. The summed E-state index contributed by atoms with van der Waals surface area (Å²) in [6.45, 7) is 0.971. The summed E-state index contributed by atoms with van der Waals surface area (Å²) in [6.07, 6.45) is 2.51. The van der Waals surface area contributed by atoms with Gasteiger partial charge < -0.3 is 40.4 Å². The average Bonchev–Trinajstić information content (AvgIpc) is 2.43. The summed E-state index contributed by atoms with van der Waals surface area (Å²) in [4.78, 5) is 10.7. The molecule has 1 aromatic rings. The molecule has 0 amide bonds. The van der Waals surface area contributed by atoms with E-state index in [1.807, 2.05) is 12.1 Å². The number of quaternary nitrogens is 2. The van der Waals surface area contributed by atoms with Crippen LogP contribution >= 0.6 is 0 Å². The quantitative estimate of drug-likeness (QED) is 0.364. The van der Waals surface area contributed by atoms with Gasteiger partial charge >= 0.3 is 5.97 Å². The molecule has 0 saturated carbocycles. The molecule has 0 aromatic heterocycles. The van der Waals surface area contributed by atoms with Crippen molar-refractivity contribution in [3.05, 3.63) is 24.3 Å². The SMILES string of the molecule is COc1ccc([N+](C)(C)CCCC[C@H]([NH3+])C(=O)O)cc1.[Cl-].[Cl-]. The molecular formula is C15H26Cl2N2O3. The molecule has 0 aliphatic rings. The van der Waals surface area contributed by atoms with Crippen molar-refractivity contribution in [3.8, 4) is 5.75 Å².